The van der Waals surface area contributed by atoms with Crippen LogP contribution in [0.4, 0.5) is 28.8 Å². The van der Waals surface area contributed by atoms with E-state index in [9.17, 15) is 0 Å². The van der Waals surface area contributed by atoms with Gasteiger partial charge in [-0.15, -0.1) is 0 Å². The summed E-state index contributed by atoms with van der Waals surface area (Å²) in [6.07, 6.45) is 3.83. The average Bonchev–Trinajstić information content (AvgIpc) is 2.76. The van der Waals surface area contributed by atoms with E-state index in [2.05, 4.69) is 31.2 Å². The molecule has 0 saturated carbocycles. The summed E-state index contributed by atoms with van der Waals surface area (Å²) < 4.78 is 0. The second-order valence-electron chi connectivity index (χ2n) is 6.51. The van der Waals surface area contributed by atoms with Crippen LogP contribution in [0.5, 0.6) is 0 Å². The quantitative estimate of drug-likeness (QED) is 0.388. The number of nitrogens with one attached hydrogen (secondary N) is 1. The van der Waals surface area contributed by atoms with Gasteiger partial charge in [-0.05, 0) is 42.7 Å². The molecule has 3 heterocycles. The maximum absolute atomic E-state index is 5.77. The Morgan fingerprint density at radius 1 is 0.929 bits per heavy atom. The maximum atomic E-state index is 5.77. The largest absolute Gasteiger partial charge is 0.399 e. The molecule has 1 aliphatic heterocycles. The lowest BCUT2D eigenvalue weighted by Gasteiger charge is -2.36. The van der Waals surface area contributed by atoms with E-state index in [1.165, 1.54) is 0 Å². The number of hydrogen-bond acceptors (Lipinski definition) is 8. The van der Waals surface area contributed by atoms with Gasteiger partial charge >= 0.3 is 0 Å². The third-order valence-electron chi connectivity index (χ3n) is 4.63. The Morgan fingerprint density at radius 2 is 1.64 bits per heavy atom. The summed E-state index contributed by atoms with van der Waals surface area (Å²) in [5, 5.41) is 4.11. The fraction of sp³-hybridized carbons (Fsp3) is 0.250. The van der Waals surface area contributed by atoms with E-state index in [0.29, 0.717) is 0 Å². The number of nitrogens with zero attached hydrogens (tertiary/aromatic N) is 5. The van der Waals surface area contributed by atoms with E-state index in [1.54, 1.807) is 11.8 Å². The third kappa shape index (κ3) is 4.28. The molecule has 0 aliphatic carbocycles. The lowest BCUT2D eigenvalue weighted by molar-refractivity contribution is 0.638. The van der Waals surface area contributed by atoms with Gasteiger partial charge in [0, 0.05) is 49.8 Å². The van der Waals surface area contributed by atoms with Crippen LogP contribution in [0, 0.1) is 0 Å². The highest BCUT2D eigenvalue weighted by Crippen LogP contribution is 2.25. The Balaban J connectivity index is 1.49. The van der Waals surface area contributed by atoms with Gasteiger partial charge in [0.05, 0.1) is 0 Å². The molecule has 0 bridgehead atoms. The van der Waals surface area contributed by atoms with Crippen molar-refractivity contribution >= 4 is 40.6 Å². The van der Waals surface area contributed by atoms with Gasteiger partial charge < -0.3 is 20.9 Å². The Bertz CT molecular complexity index is 910. The summed E-state index contributed by atoms with van der Waals surface area (Å²) in [5.74, 6) is 2.75. The predicted octanol–water partition coefficient (Wildman–Crippen LogP) is 3.25. The van der Waals surface area contributed by atoms with Crippen molar-refractivity contribution in [3.05, 3.63) is 54.7 Å². The second kappa shape index (κ2) is 8.35. The van der Waals surface area contributed by atoms with Crippen molar-refractivity contribution in [2.75, 3.05) is 53.3 Å². The Morgan fingerprint density at radius 3 is 2.29 bits per heavy atom. The molecule has 1 aromatic carbocycles. The fourth-order valence-corrected chi connectivity index (χ4v) is 3.52. The summed E-state index contributed by atoms with van der Waals surface area (Å²) >= 11 is 1.54. The highest BCUT2D eigenvalue weighted by Gasteiger charge is 2.20. The van der Waals surface area contributed by atoms with Crippen LogP contribution in [0.1, 0.15) is 0 Å². The van der Waals surface area contributed by atoms with E-state index in [4.69, 9.17) is 10.7 Å². The number of thioether (sulfide) groups is 1. The van der Waals surface area contributed by atoms with Crippen LogP contribution in [0.3, 0.4) is 0 Å². The first-order chi connectivity index (χ1) is 13.7. The molecule has 0 atom stereocenters. The van der Waals surface area contributed by atoms with Crippen LogP contribution in [0.25, 0.3) is 0 Å². The zero-order valence-corrected chi connectivity index (χ0v) is 16.6. The molecule has 0 radical (unpaired) electrons. The lowest BCUT2D eigenvalue weighted by Crippen LogP contribution is -2.47. The maximum Gasteiger partial charge on any atom is 0.191 e. The number of rotatable bonds is 5. The van der Waals surface area contributed by atoms with E-state index < -0.39 is 0 Å². The number of benzene rings is 1. The SMILES string of the molecule is CSc1nc(Nc2ccc(N)cc2)cc(N2CCN(c3ccccn3)CC2)n1. The van der Waals surface area contributed by atoms with Crippen LogP contribution < -0.4 is 20.9 Å². The van der Waals surface area contributed by atoms with Crippen LogP contribution in [-0.2, 0) is 0 Å². The molecular weight excluding hydrogens is 370 g/mol. The number of pyridine rings is 1. The number of aromatic nitrogens is 3. The molecule has 2 aromatic heterocycles. The number of hydrogen-bond donors (Lipinski definition) is 2. The smallest absolute Gasteiger partial charge is 0.191 e. The van der Waals surface area contributed by atoms with E-state index in [-0.39, 0.29) is 0 Å². The molecule has 7 nitrogen and oxygen atoms in total. The highest BCUT2D eigenvalue weighted by atomic mass is 32.2. The second-order valence-corrected chi connectivity index (χ2v) is 7.28. The summed E-state index contributed by atoms with van der Waals surface area (Å²) in [5.41, 5.74) is 7.46. The number of anilines is 5. The Hall–Kier alpha value is -3.00. The van der Waals surface area contributed by atoms with Crippen molar-refractivity contribution < 1.29 is 0 Å². The first kappa shape index (κ1) is 18.4. The Kier molecular flexibility index (Phi) is 5.48. The minimum Gasteiger partial charge on any atom is -0.399 e. The van der Waals surface area contributed by atoms with Gasteiger partial charge in [-0.2, -0.15) is 0 Å². The van der Waals surface area contributed by atoms with Crippen LogP contribution in [0.15, 0.2) is 59.9 Å². The summed E-state index contributed by atoms with van der Waals surface area (Å²) in [4.78, 5) is 18.4. The average molecular weight is 394 g/mol. The molecule has 0 unspecified atom stereocenters. The van der Waals surface area contributed by atoms with Gasteiger partial charge in [0.15, 0.2) is 5.16 Å². The zero-order valence-electron chi connectivity index (χ0n) is 15.7. The van der Waals surface area contributed by atoms with Crippen LogP contribution in [-0.4, -0.2) is 47.4 Å². The number of piperazine rings is 1. The van der Waals surface area contributed by atoms with E-state index in [1.807, 2.05) is 54.9 Å². The zero-order chi connectivity index (χ0) is 19.3. The summed E-state index contributed by atoms with van der Waals surface area (Å²) in [6.45, 7) is 3.61. The molecule has 28 heavy (non-hydrogen) atoms. The predicted molar refractivity (Wildman–Crippen MR) is 117 cm³/mol. The van der Waals surface area contributed by atoms with Gasteiger partial charge in [0.2, 0.25) is 0 Å². The fourth-order valence-electron chi connectivity index (χ4n) is 3.15. The van der Waals surface area contributed by atoms with Gasteiger partial charge in [-0.1, -0.05) is 17.8 Å². The molecule has 144 valence electrons. The minimum atomic E-state index is 0.740. The minimum absolute atomic E-state index is 0.740. The molecule has 0 spiro atoms. The van der Waals surface area contributed by atoms with E-state index >= 15 is 0 Å². The summed E-state index contributed by atoms with van der Waals surface area (Å²) in [6, 6.07) is 15.7. The number of nitrogen functional groups attached to an aromatic ring is 1. The van der Waals surface area contributed by atoms with Crippen molar-refractivity contribution in [2.24, 2.45) is 0 Å². The standard InChI is InChI=1S/C20H23N7S/c1-28-20-24-17(23-16-7-5-15(21)6-8-16)14-19(25-20)27-12-10-26(11-13-27)18-4-2-3-9-22-18/h2-9,14H,10-13,21H2,1H3,(H,23,24,25). The Labute approximate surface area is 169 Å². The first-order valence-corrected chi connectivity index (χ1v) is 10.4. The number of nitrogens with two attached hydrogens (primary N) is 1. The molecule has 8 heteroatoms. The molecule has 3 N–H and O–H groups in total. The monoisotopic (exact) mass is 393 g/mol. The molecule has 4 rings (SSSR count). The molecule has 3 aromatic rings. The van der Waals surface area contributed by atoms with Gasteiger partial charge in [0.25, 0.3) is 0 Å². The normalized spacial score (nSPS) is 14.2. The van der Waals surface area contributed by atoms with Gasteiger partial charge in [0.1, 0.15) is 17.5 Å². The van der Waals surface area contributed by atoms with Gasteiger partial charge in [-0.3, -0.25) is 0 Å². The summed E-state index contributed by atoms with van der Waals surface area (Å²) in [7, 11) is 0. The molecule has 1 fully saturated rings. The van der Waals surface area contributed by atoms with E-state index in [0.717, 1.165) is 60.2 Å². The van der Waals surface area contributed by atoms with Crippen molar-refractivity contribution in [1.82, 2.24) is 15.0 Å². The molecular formula is C20H23N7S. The van der Waals surface area contributed by atoms with Crippen molar-refractivity contribution in [1.29, 1.82) is 0 Å². The lowest BCUT2D eigenvalue weighted by atomic mass is 10.3. The van der Waals surface area contributed by atoms with Crippen molar-refractivity contribution in [3.8, 4) is 0 Å². The molecule has 1 aliphatic rings. The van der Waals surface area contributed by atoms with Crippen molar-refractivity contribution in [2.45, 2.75) is 5.16 Å². The molecule has 0 amide bonds. The van der Waals surface area contributed by atoms with Crippen molar-refractivity contribution in [3.63, 3.8) is 0 Å². The van der Waals surface area contributed by atoms with Crippen LogP contribution >= 0.6 is 11.8 Å². The highest BCUT2D eigenvalue weighted by molar-refractivity contribution is 7.98. The topological polar surface area (TPSA) is 83.2 Å². The van der Waals surface area contributed by atoms with Crippen LogP contribution in [0.2, 0.25) is 0 Å². The first-order valence-electron chi connectivity index (χ1n) is 9.18. The van der Waals surface area contributed by atoms with Gasteiger partial charge in [-0.25, -0.2) is 15.0 Å². The molecule has 1 saturated heterocycles. The third-order valence-corrected chi connectivity index (χ3v) is 5.18.